The third-order valence-corrected chi connectivity index (χ3v) is 2.57. The number of hydrogen-bond donors (Lipinski definition) is 1. The lowest BCUT2D eigenvalue weighted by atomic mass is 9.98. The van der Waals surface area contributed by atoms with Crippen LogP contribution in [0.25, 0.3) is 0 Å². The Kier molecular flexibility index (Phi) is 2.05. The van der Waals surface area contributed by atoms with Gasteiger partial charge >= 0.3 is 0 Å². The molecule has 0 saturated carbocycles. The average molecular weight is 199 g/mol. The molecule has 0 bridgehead atoms. The highest BCUT2D eigenvalue weighted by Crippen LogP contribution is 2.40. The van der Waals surface area contributed by atoms with Gasteiger partial charge in [0.05, 0.1) is 13.2 Å². The number of nitrogens with zero attached hydrogens (tertiary/aromatic N) is 1. The van der Waals surface area contributed by atoms with E-state index in [0.717, 1.165) is 0 Å². The summed E-state index contributed by atoms with van der Waals surface area (Å²) in [6.07, 6.45) is -0.746. The molecule has 0 aliphatic carbocycles. The van der Waals surface area contributed by atoms with Crippen LogP contribution in [0, 0.1) is 11.3 Å². The SMILES string of the molecule is CC1(C)OC2COC(C#N)(CO)C2O1. The summed E-state index contributed by atoms with van der Waals surface area (Å²) in [5, 5.41) is 18.1. The molecule has 3 atom stereocenters. The highest BCUT2D eigenvalue weighted by atomic mass is 16.8. The third-order valence-electron chi connectivity index (χ3n) is 2.57. The van der Waals surface area contributed by atoms with Gasteiger partial charge < -0.3 is 19.3 Å². The third kappa shape index (κ3) is 1.23. The maximum Gasteiger partial charge on any atom is 0.205 e. The second kappa shape index (κ2) is 2.91. The van der Waals surface area contributed by atoms with E-state index in [4.69, 9.17) is 24.6 Å². The van der Waals surface area contributed by atoms with E-state index in [9.17, 15) is 0 Å². The number of ether oxygens (including phenoxy) is 3. The van der Waals surface area contributed by atoms with E-state index in [0.29, 0.717) is 6.61 Å². The van der Waals surface area contributed by atoms with Gasteiger partial charge in [-0.15, -0.1) is 0 Å². The molecule has 14 heavy (non-hydrogen) atoms. The van der Waals surface area contributed by atoms with Crippen LogP contribution < -0.4 is 0 Å². The molecule has 0 radical (unpaired) electrons. The first-order chi connectivity index (χ1) is 6.53. The van der Waals surface area contributed by atoms with Crippen LogP contribution in [0.1, 0.15) is 13.8 Å². The summed E-state index contributed by atoms with van der Waals surface area (Å²) >= 11 is 0. The molecule has 2 aliphatic heterocycles. The molecule has 0 aromatic carbocycles. The molecule has 0 spiro atoms. The van der Waals surface area contributed by atoms with Crippen molar-refractivity contribution >= 4 is 0 Å². The lowest BCUT2D eigenvalue weighted by molar-refractivity contribution is -0.189. The van der Waals surface area contributed by atoms with Gasteiger partial charge in [-0.25, -0.2) is 0 Å². The Morgan fingerprint density at radius 1 is 1.50 bits per heavy atom. The molecule has 2 fully saturated rings. The van der Waals surface area contributed by atoms with Crippen LogP contribution in [0.4, 0.5) is 0 Å². The maximum atomic E-state index is 9.15. The lowest BCUT2D eigenvalue weighted by Crippen LogP contribution is -2.45. The predicted octanol–water partition coefficient (Wildman–Crippen LogP) is -0.209. The Morgan fingerprint density at radius 3 is 2.79 bits per heavy atom. The number of hydrogen-bond acceptors (Lipinski definition) is 5. The number of aliphatic hydroxyl groups is 1. The van der Waals surface area contributed by atoms with Crippen molar-refractivity contribution in [2.45, 2.75) is 37.4 Å². The van der Waals surface area contributed by atoms with E-state index < -0.39 is 17.5 Å². The van der Waals surface area contributed by atoms with Crippen LogP contribution in [0.15, 0.2) is 0 Å². The van der Waals surface area contributed by atoms with E-state index in [1.165, 1.54) is 0 Å². The van der Waals surface area contributed by atoms with Gasteiger partial charge in [0.1, 0.15) is 18.3 Å². The van der Waals surface area contributed by atoms with Gasteiger partial charge in [-0.05, 0) is 13.8 Å². The summed E-state index contributed by atoms with van der Waals surface area (Å²) in [5.74, 6) is -0.698. The fraction of sp³-hybridized carbons (Fsp3) is 0.889. The highest BCUT2D eigenvalue weighted by Gasteiger charge is 2.59. The van der Waals surface area contributed by atoms with Crippen molar-refractivity contribution in [1.29, 1.82) is 5.26 Å². The predicted molar refractivity (Wildman–Crippen MR) is 45.2 cm³/mol. The van der Waals surface area contributed by atoms with Crippen molar-refractivity contribution in [2.75, 3.05) is 13.2 Å². The van der Waals surface area contributed by atoms with Gasteiger partial charge in [0.25, 0.3) is 0 Å². The summed E-state index contributed by atoms with van der Waals surface area (Å²) in [6.45, 7) is 3.49. The van der Waals surface area contributed by atoms with Crippen molar-refractivity contribution < 1.29 is 19.3 Å². The number of fused-ring (bicyclic) bond motifs is 1. The zero-order valence-electron chi connectivity index (χ0n) is 8.19. The molecule has 3 unspecified atom stereocenters. The number of aliphatic hydroxyl groups excluding tert-OH is 1. The molecule has 0 aromatic rings. The van der Waals surface area contributed by atoms with Gasteiger partial charge in [0.15, 0.2) is 5.79 Å². The molecule has 0 amide bonds. The second-order valence-electron chi connectivity index (χ2n) is 4.06. The van der Waals surface area contributed by atoms with Crippen LogP contribution in [-0.2, 0) is 14.2 Å². The van der Waals surface area contributed by atoms with E-state index in [1.54, 1.807) is 13.8 Å². The molecule has 2 aliphatic rings. The number of rotatable bonds is 1. The first-order valence-electron chi connectivity index (χ1n) is 4.55. The van der Waals surface area contributed by atoms with Crippen molar-refractivity contribution in [3.8, 4) is 6.07 Å². The molecule has 0 aromatic heterocycles. The van der Waals surface area contributed by atoms with Gasteiger partial charge in [-0.2, -0.15) is 5.26 Å². The molecule has 78 valence electrons. The summed E-state index contributed by atoms with van der Waals surface area (Å²) in [6, 6.07) is 1.96. The Morgan fingerprint density at radius 2 is 2.21 bits per heavy atom. The molecular weight excluding hydrogens is 186 g/mol. The fourth-order valence-electron chi connectivity index (χ4n) is 1.93. The normalized spacial score (nSPS) is 44.7. The van der Waals surface area contributed by atoms with Crippen LogP contribution in [-0.4, -0.2) is 41.9 Å². The van der Waals surface area contributed by atoms with Crippen molar-refractivity contribution in [3.63, 3.8) is 0 Å². The Balaban J connectivity index is 2.24. The van der Waals surface area contributed by atoms with Gasteiger partial charge in [0.2, 0.25) is 5.60 Å². The summed E-state index contributed by atoms with van der Waals surface area (Å²) in [7, 11) is 0. The van der Waals surface area contributed by atoms with Gasteiger partial charge in [-0.1, -0.05) is 0 Å². The second-order valence-corrected chi connectivity index (χ2v) is 4.06. The summed E-state index contributed by atoms with van der Waals surface area (Å²) in [4.78, 5) is 0. The average Bonchev–Trinajstić information content (AvgIpc) is 2.59. The van der Waals surface area contributed by atoms with E-state index in [1.807, 2.05) is 6.07 Å². The minimum absolute atomic E-state index is 0.253. The topological polar surface area (TPSA) is 71.7 Å². The molecule has 2 heterocycles. The zero-order chi connectivity index (χ0) is 10.4. The van der Waals surface area contributed by atoms with Crippen LogP contribution in [0.2, 0.25) is 0 Å². The van der Waals surface area contributed by atoms with Gasteiger partial charge in [0, 0.05) is 0 Å². The van der Waals surface area contributed by atoms with Crippen molar-refractivity contribution in [1.82, 2.24) is 0 Å². The monoisotopic (exact) mass is 199 g/mol. The quantitative estimate of drug-likeness (QED) is 0.632. The standard InChI is InChI=1S/C9H13NO4/c1-8(2)13-6-3-12-9(4-10,5-11)7(6)14-8/h6-7,11H,3,5H2,1-2H3. The molecule has 1 N–H and O–H groups in total. The fourth-order valence-corrected chi connectivity index (χ4v) is 1.93. The molecule has 2 saturated heterocycles. The van der Waals surface area contributed by atoms with Crippen LogP contribution in [0.3, 0.4) is 0 Å². The Hall–Kier alpha value is -0.670. The van der Waals surface area contributed by atoms with E-state index in [2.05, 4.69) is 0 Å². The first kappa shape index (κ1) is 9.87. The molecule has 2 rings (SSSR count). The zero-order valence-corrected chi connectivity index (χ0v) is 8.19. The summed E-state index contributed by atoms with van der Waals surface area (Å²) in [5.41, 5.74) is -1.25. The van der Waals surface area contributed by atoms with Crippen LogP contribution >= 0.6 is 0 Å². The number of nitriles is 1. The minimum atomic E-state index is -1.25. The largest absolute Gasteiger partial charge is 0.392 e. The Labute approximate surface area is 82.2 Å². The first-order valence-corrected chi connectivity index (χ1v) is 4.55. The minimum Gasteiger partial charge on any atom is -0.392 e. The van der Waals surface area contributed by atoms with Gasteiger partial charge in [-0.3, -0.25) is 0 Å². The Bertz CT molecular complexity index is 285. The molecule has 5 nitrogen and oxygen atoms in total. The summed E-state index contributed by atoms with van der Waals surface area (Å²) < 4.78 is 16.3. The highest BCUT2D eigenvalue weighted by molar-refractivity contribution is 5.15. The van der Waals surface area contributed by atoms with E-state index in [-0.39, 0.29) is 12.7 Å². The lowest BCUT2D eigenvalue weighted by Gasteiger charge is -2.25. The maximum absolute atomic E-state index is 9.15. The smallest absolute Gasteiger partial charge is 0.205 e. The van der Waals surface area contributed by atoms with E-state index >= 15 is 0 Å². The molecular formula is C9H13NO4. The molecule has 5 heteroatoms. The van der Waals surface area contributed by atoms with Crippen molar-refractivity contribution in [2.24, 2.45) is 0 Å². The van der Waals surface area contributed by atoms with Crippen LogP contribution in [0.5, 0.6) is 0 Å². The van der Waals surface area contributed by atoms with Crippen molar-refractivity contribution in [3.05, 3.63) is 0 Å².